The van der Waals surface area contributed by atoms with Gasteiger partial charge in [-0.1, -0.05) is 11.6 Å². The van der Waals surface area contributed by atoms with E-state index in [9.17, 15) is 9.90 Å². The quantitative estimate of drug-likeness (QED) is 0.764. The van der Waals surface area contributed by atoms with Gasteiger partial charge >= 0.3 is 0 Å². The fraction of sp³-hybridized carbons (Fsp3) is 0.522. The van der Waals surface area contributed by atoms with Crippen LogP contribution < -0.4 is 4.90 Å². The van der Waals surface area contributed by atoms with E-state index in [1.54, 1.807) is 0 Å². The number of nitrogens with zero attached hydrogens (tertiary/aromatic N) is 4. The highest BCUT2D eigenvalue weighted by atomic mass is 35.5. The Morgan fingerprint density at radius 3 is 2.47 bits per heavy atom. The molecule has 1 N–H and O–H groups in total. The molecule has 0 saturated carbocycles. The summed E-state index contributed by atoms with van der Waals surface area (Å²) in [5.74, 6) is 0.0568. The number of hydrogen-bond acceptors (Lipinski definition) is 4. The molecule has 0 spiro atoms. The van der Waals surface area contributed by atoms with Crippen LogP contribution in [-0.2, 0) is 6.54 Å². The topological polar surface area (TPSA) is 52.0 Å². The summed E-state index contributed by atoms with van der Waals surface area (Å²) >= 11 is 5.99. The lowest BCUT2D eigenvalue weighted by atomic mass is 10.1. The maximum Gasteiger partial charge on any atom is 0.255 e. The van der Waals surface area contributed by atoms with E-state index in [1.165, 1.54) is 5.69 Å². The molecule has 1 amide bonds. The standard InChI is InChI=1S/C23H31ClN4O2/c1-2-25-16-20-21(17-25)23(30)28(11-8-22(20)29)10-3-9-26-12-14-27(15-13-26)19-6-4-18(24)5-7-19/h4-7,16-17,22,29H,2-3,8-15H2,1H3. The molecule has 7 heteroatoms. The zero-order chi connectivity index (χ0) is 21.1. The number of rotatable bonds is 6. The predicted molar refractivity (Wildman–Crippen MR) is 120 cm³/mol. The molecule has 6 nitrogen and oxygen atoms in total. The van der Waals surface area contributed by atoms with Crippen LogP contribution in [0.3, 0.4) is 0 Å². The van der Waals surface area contributed by atoms with Crippen molar-refractivity contribution in [1.82, 2.24) is 14.4 Å². The van der Waals surface area contributed by atoms with Crippen molar-refractivity contribution in [2.75, 3.05) is 50.7 Å². The number of amides is 1. The number of benzene rings is 1. The first-order valence-corrected chi connectivity index (χ1v) is 11.3. The van der Waals surface area contributed by atoms with Gasteiger partial charge in [-0.2, -0.15) is 0 Å². The van der Waals surface area contributed by atoms with Crippen LogP contribution in [0.4, 0.5) is 5.69 Å². The molecule has 1 aromatic heterocycles. The summed E-state index contributed by atoms with van der Waals surface area (Å²) in [4.78, 5) is 19.8. The van der Waals surface area contributed by atoms with Crippen molar-refractivity contribution in [3.8, 4) is 0 Å². The normalized spacial score (nSPS) is 20.4. The van der Waals surface area contributed by atoms with Gasteiger partial charge in [0, 0.05) is 74.5 Å². The molecule has 0 aliphatic carbocycles. The molecule has 1 fully saturated rings. The minimum Gasteiger partial charge on any atom is -0.388 e. The van der Waals surface area contributed by atoms with E-state index in [-0.39, 0.29) is 5.91 Å². The lowest BCUT2D eigenvalue weighted by Gasteiger charge is -2.36. The average Bonchev–Trinajstić information content (AvgIpc) is 3.17. The van der Waals surface area contributed by atoms with Crippen molar-refractivity contribution < 1.29 is 9.90 Å². The van der Waals surface area contributed by atoms with Gasteiger partial charge in [0.1, 0.15) is 0 Å². The molecular formula is C23H31ClN4O2. The fourth-order valence-corrected chi connectivity index (χ4v) is 4.56. The molecule has 0 radical (unpaired) electrons. The van der Waals surface area contributed by atoms with Gasteiger partial charge in [-0.25, -0.2) is 0 Å². The van der Waals surface area contributed by atoms with E-state index in [4.69, 9.17) is 11.6 Å². The summed E-state index contributed by atoms with van der Waals surface area (Å²) in [5.41, 5.74) is 2.67. The maximum atomic E-state index is 13.0. The van der Waals surface area contributed by atoms with E-state index in [2.05, 4.69) is 21.9 Å². The van der Waals surface area contributed by atoms with Crippen molar-refractivity contribution in [2.45, 2.75) is 32.4 Å². The van der Waals surface area contributed by atoms with Crippen LogP contribution in [0.15, 0.2) is 36.7 Å². The average molecular weight is 431 g/mol. The third-order valence-corrected chi connectivity index (χ3v) is 6.54. The highest BCUT2D eigenvalue weighted by Gasteiger charge is 2.28. The summed E-state index contributed by atoms with van der Waals surface area (Å²) in [7, 11) is 0. The molecule has 1 saturated heterocycles. The summed E-state index contributed by atoms with van der Waals surface area (Å²) in [6.07, 6.45) is 4.80. The molecule has 162 valence electrons. The number of aromatic nitrogens is 1. The van der Waals surface area contributed by atoms with Crippen molar-refractivity contribution in [3.63, 3.8) is 0 Å². The Kier molecular flexibility index (Phi) is 6.66. The summed E-state index contributed by atoms with van der Waals surface area (Å²) < 4.78 is 1.98. The smallest absolute Gasteiger partial charge is 0.255 e. The highest BCUT2D eigenvalue weighted by molar-refractivity contribution is 6.30. The Bertz CT molecular complexity index is 859. The summed E-state index contributed by atoms with van der Waals surface area (Å²) in [6.45, 7) is 9.25. The fourth-order valence-electron chi connectivity index (χ4n) is 4.44. The zero-order valence-electron chi connectivity index (χ0n) is 17.6. The van der Waals surface area contributed by atoms with E-state index in [1.807, 2.05) is 40.9 Å². The third-order valence-electron chi connectivity index (χ3n) is 6.29. The molecule has 3 heterocycles. The van der Waals surface area contributed by atoms with E-state index >= 15 is 0 Å². The Hall–Kier alpha value is -2.02. The molecule has 2 aromatic rings. The van der Waals surface area contributed by atoms with E-state index in [0.717, 1.165) is 62.8 Å². The van der Waals surface area contributed by atoms with Gasteiger partial charge in [-0.05, 0) is 50.6 Å². The summed E-state index contributed by atoms with van der Waals surface area (Å²) in [5, 5.41) is 11.2. The molecule has 30 heavy (non-hydrogen) atoms. The second-order valence-corrected chi connectivity index (χ2v) is 8.65. The maximum absolute atomic E-state index is 13.0. The van der Waals surface area contributed by atoms with Gasteiger partial charge in [0.2, 0.25) is 0 Å². The first-order chi connectivity index (χ1) is 14.5. The number of aliphatic hydroxyl groups is 1. The Labute approximate surface area is 183 Å². The number of hydrogen-bond donors (Lipinski definition) is 1. The first kappa shape index (κ1) is 21.2. The van der Waals surface area contributed by atoms with Gasteiger partial charge in [-0.3, -0.25) is 9.69 Å². The van der Waals surface area contributed by atoms with Crippen LogP contribution in [0.5, 0.6) is 0 Å². The van der Waals surface area contributed by atoms with Gasteiger partial charge in [0.15, 0.2) is 0 Å². The largest absolute Gasteiger partial charge is 0.388 e. The minimum absolute atomic E-state index is 0.0568. The van der Waals surface area contributed by atoms with Gasteiger partial charge in [0.05, 0.1) is 11.7 Å². The second kappa shape index (κ2) is 9.41. The number of aliphatic hydroxyl groups excluding tert-OH is 1. The van der Waals surface area contributed by atoms with Crippen molar-refractivity contribution >= 4 is 23.2 Å². The lowest BCUT2D eigenvalue weighted by molar-refractivity contribution is 0.0737. The Morgan fingerprint density at radius 2 is 1.77 bits per heavy atom. The van der Waals surface area contributed by atoms with Crippen LogP contribution in [0, 0.1) is 0 Å². The number of piperazine rings is 1. The molecule has 0 bridgehead atoms. The minimum atomic E-state index is -0.553. The van der Waals surface area contributed by atoms with Crippen molar-refractivity contribution in [1.29, 1.82) is 0 Å². The third kappa shape index (κ3) is 4.66. The number of carbonyl (C=O) groups excluding carboxylic acids is 1. The highest BCUT2D eigenvalue weighted by Crippen LogP contribution is 2.27. The Balaban J connectivity index is 1.26. The molecule has 2 aliphatic heterocycles. The molecule has 2 aliphatic rings. The van der Waals surface area contributed by atoms with E-state index < -0.39 is 6.10 Å². The van der Waals surface area contributed by atoms with E-state index in [0.29, 0.717) is 18.5 Å². The predicted octanol–water partition coefficient (Wildman–Crippen LogP) is 3.25. The van der Waals surface area contributed by atoms with Crippen LogP contribution in [0.25, 0.3) is 0 Å². The number of carbonyl (C=O) groups is 1. The molecule has 4 rings (SSSR count). The van der Waals surface area contributed by atoms with Crippen LogP contribution in [-0.4, -0.2) is 71.2 Å². The van der Waals surface area contributed by atoms with Gasteiger partial charge in [-0.15, -0.1) is 0 Å². The number of fused-ring (bicyclic) bond motifs is 1. The lowest BCUT2D eigenvalue weighted by Crippen LogP contribution is -2.47. The molecular weight excluding hydrogens is 400 g/mol. The van der Waals surface area contributed by atoms with Gasteiger partial charge in [0.25, 0.3) is 5.91 Å². The molecule has 1 aromatic carbocycles. The van der Waals surface area contributed by atoms with Gasteiger partial charge < -0.3 is 19.5 Å². The Morgan fingerprint density at radius 1 is 1.03 bits per heavy atom. The number of anilines is 1. The zero-order valence-corrected chi connectivity index (χ0v) is 18.4. The van der Waals surface area contributed by atoms with Crippen molar-refractivity contribution in [2.24, 2.45) is 0 Å². The van der Waals surface area contributed by atoms with Crippen molar-refractivity contribution in [3.05, 3.63) is 52.8 Å². The SMILES string of the molecule is CCn1cc2c(c1)C(O)CCN(CCCN1CCN(c3ccc(Cl)cc3)CC1)C2=O. The number of halogens is 1. The van der Waals surface area contributed by atoms with Crippen LogP contribution in [0.2, 0.25) is 5.02 Å². The molecule has 1 atom stereocenters. The van der Waals surface area contributed by atoms with Crippen LogP contribution >= 0.6 is 11.6 Å². The monoisotopic (exact) mass is 430 g/mol. The van der Waals surface area contributed by atoms with Crippen LogP contribution in [0.1, 0.15) is 41.8 Å². The summed E-state index contributed by atoms with van der Waals surface area (Å²) in [6, 6.07) is 8.05. The molecule has 1 unspecified atom stereocenters. The second-order valence-electron chi connectivity index (χ2n) is 8.21. The number of aryl methyl sites for hydroxylation is 1. The first-order valence-electron chi connectivity index (χ1n) is 10.9.